The van der Waals surface area contributed by atoms with Gasteiger partial charge in [0.2, 0.25) is 0 Å². The molecule has 0 bridgehead atoms. The first-order valence-corrected chi connectivity index (χ1v) is 5.97. The van der Waals surface area contributed by atoms with Crippen LogP contribution in [-0.4, -0.2) is 21.5 Å². The van der Waals surface area contributed by atoms with Crippen LogP contribution >= 0.6 is 0 Å². The second-order valence-corrected chi connectivity index (χ2v) is 4.52. The van der Waals surface area contributed by atoms with Crippen molar-refractivity contribution in [2.75, 3.05) is 6.54 Å². The number of aryl methyl sites for hydroxylation is 1. The van der Waals surface area contributed by atoms with Crippen molar-refractivity contribution in [3.05, 3.63) is 47.5 Å². The van der Waals surface area contributed by atoms with Crippen molar-refractivity contribution in [3.8, 4) is 0 Å². The average Bonchev–Trinajstić information content (AvgIpc) is 2.77. The molecule has 1 unspecified atom stereocenters. The van der Waals surface area contributed by atoms with E-state index < -0.39 is 0 Å². The third-order valence-electron chi connectivity index (χ3n) is 2.92. The van der Waals surface area contributed by atoms with Gasteiger partial charge in [0.15, 0.2) is 0 Å². The van der Waals surface area contributed by atoms with E-state index in [1.807, 2.05) is 13.2 Å². The summed E-state index contributed by atoms with van der Waals surface area (Å²) in [6.07, 6.45) is 3.52. The normalized spacial score (nSPS) is 12.6. The molecular weight excluding hydrogens is 231 g/mol. The summed E-state index contributed by atoms with van der Waals surface area (Å²) in [5.41, 5.74) is 7.81. The molecule has 4 nitrogen and oxygen atoms in total. The molecule has 0 aliphatic heterocycles. The van der Waals surface area contributed by atoms with Crippen molar-refractivity contribution < 1.29 is 4.39 Å². The summed E-state index contributed by atoms with van der Waals surface area (Å²) in [4.78, 5) is 0. The standard InChI is InChI=1S/C13H17FN4/c1-18-9-13(16-17-18)7-11(8-15)6-10-2-4-12(14)5-3-10/h2-5,9,11H,6-8,15H2,1H3. The van der Waals surface area contributed by atoms with Crippen LogP contribution in [0.5, 0.6) is 0 Å². The van der Waals surface area contributed by atoms with Crippen molar-refractivity contribution >= 4 is 0 Å². The van der Waals surface area contributed by atoms with Crippen LogP contribution in [0.15, 0.2) is 30.5 Å². The Morgan fingerprint density at radius 3 is 2.56 bits per heavy atom. The number of benzene rings is 1. The number of hydrogen-bond acceptors (Lipinski definition) is 3. The molecule has 1 aromatic heterocycles. The van der Waals surface area contributed by atoms with Gasteiger partial charge in [0.05, 0.1) is 5.69 Å². The van der Waals surface area contributed by atoms with Gasteiger partial charge in [-0.2, -0.15) is 0 Å². The van der Waals surface area contributed by atoms with Crippen LogP contribution in [0.2, 0.25) is 0 Å². The summed E-state index contributed by atoms with van der Waals surface area (Å²) >= 11 is 0. The first-order valence-electron chi connectivity index (χ1n) is 5.97. The Labute approximate surface area is 106 Å². The second kappa shape index (κ2) is 5.73. The molecule has 96 valence electrons. The fourth-order valence-corrected chi connectivity index (χ4v) is 1.98. The molecule has 0 saturated carbocycles. The highest BCUT2D eigenvalue weighted by Crippen LogP contribution is 2.13. The monoisotopic (exact) mass is 248 g/mol. The highest BCUT2D eigenvalue weighted by Gasteiger charge is 2.11. The van der Waals surface area contributed by atoms with Gasteiger partial charge in [-0.1, -0.05) is 17.3 Å². The van der Waals surface area contributed by atoms with E-state index in [4.69, 9.17) is 5.73 Å². The molecule has 18 heavy (non-hydrogen) atoms. The zero-order chi connectivity index (χ0) is 13.0. The highest BCUT2D eigenvalue weighted by molar-refractivity contribution is 5.17. The van der Waals surface area contributed by atoms with E-state index in [1.165, 1.54) is 12.1 Å². The number of halogens is 1. The van der Waals surface area contributed by atoms with Crippen molar-refractivity contribution in [1.82, 2.24) is 15.0 Å². The first-order chi connectivity index (χ1) is 8.67. The minimum Gasteiger partial charge on any atom is -0.330 e. The Morgan fingerprint density at radius 1 is 1.28 bits per heavy atom. The maximum absolute atomic E-state index is 12.8. The van der Waals surface area contributed by atoms with Gasteiger partial charge in [-0.15, -0.1) is 5.10 Å². The van der Waals surface area contributed by atoms with E-state index in [0.29, 0.717) is 12.5 Å². The van der Waals surface area contributed by atoms with E-state index in [2.05, 4.69) is 10.3 Å². The lowest BCUT2D eigenvalue weighted by Gasteiger charge is -2.13. The Bertz CT molecular complexity index is 492. The van der Waals surface area contributed by atoms with E-state index >= 15 is 0 Å². The smallest absolute Gasteiger partial charge is 0.123 e. The van der Waals surface area contributed by atoms with Crippen LogP contribution in [0.1, 0.15) is 11.3 Å². The van der Waals surface area contributed by atoms with Gasteiger partial charge in [-0.05, 0) is 43.0 Å². The molecule has 0 saturated heterocycles. The number of nitrogens with zero attached hydrogens (tertiary/aromatic N) is 3. The minimum absolute atomic E-state index is 0.211. The van der Waals surface area contributed by atoms with Gasteiger partial charge < -0.3 is 5.73 Å². The summed E-state index contributed by atoms with van der Waals surface area (Å²) in [5, 5.41) is 7.96. The second-order valence-electron chi connectivity index (χ2n) is 4.52. The van der Waals surface area contributed by atoms with Crippen LogP contribution in [0.3, 0.4) is 0 Å². The van der Waals surface area contributed by atoms with Gasteiger partial charge in [0.1, 0.15) is 5.82 Å². The van der Waals surface area contributed by atoms with Crippen molar-refractivity contribution in [2.24, 2.45) is 18.7 Å². The Balaban J connectivity index is 1.99. The van der Waals surface area contributed by atoms with E-state index in [0.717, 1.165) is 24.1 Å². The third kappa shape index (κ3) is 3.37. The molecule has 0 amide bonds. The maximum atomic E-state index is 12.8. The average molecular weight is 248 g/mol. The topological polar surface area (TPSA) is 56.7 Å². The van der Waals surface area contributed by atoms with Crippen molar-refractivity contribution in [3.63, 3.8) is 0 Å². The lowest BCUT2D eigenvalue weighted by Crippen LogP contribution is -2.19. The van der Waals surface area contributed by atoms with Crippen LogP contribution in [-0.2, 0) is 19.9 Å². The maximum Gasteiger partial charge on any atom is 0.123 e. The summed E-state index contributed by atoms with van der Waals surface area (Å²) in [6.45, 7) is 0.577. The summed E-state index contributed by atoms with van der Waals surface area (Å²) < 4.78 is 14.5. The lowest BCUT2D eigenvalue weighted by molar-refractivity contribution is 0.525. The Morgan fingerprint density at radius 2 is 2.00 bits per heavy atom. The molecule has 2 aromatic rings. The minimum atomic E-state index is -0.211. The SMILES string of the molecule is Cn1cc(CC(CN)Cc2ccc(F)cc2)nn1. The van der Waals surface area contributed by atoms with E-state index in [1.54, 1.807) is 16.8 Å². The molecule has 0 spiro atoms. The largest absolute Gasteiger partial charge is 0.330 e. The fraction of sp³-hybridized carbons (Fsp3) is 0.385. The zero-order valence-electron chi connectivity index (χ0n) is 10.4. The Hall–Kier alpha value is -1.75. The molecule has 0 fully saturated rings. The van der Waals surface area contributed by atoms with Gasteiger partial charge in [0.25, 0.3) is 0 Å². The summed E-state index contributed by atoms with van der Waals surface area (Å²) in [5.74, 6) is 0.0872. The van der Waals surface area contributed by atoms with Crippen LogP contribution in [0.25, 0.3) is 0 Å². The molecule has 0 aliphatic carbocycles. The Kier molecular flexibility index (Phi) is 4.04. The fourth-order valence-electron chi connectivity index (χ4n) is 1.98. The molecule has 5 heteroatoms. The van der Waals surface area contributed by atoms with Crippen LogP contribution < -0.4 is 5.73 Å². The van der Waals surface area contributed by atoms with Gasteiger partial charge in [-0.25, -0.2) is 4.39 Å². The molecule has 2 N–H and O–H groups in total. The van der Waals surface area contributed by atoms with Gasteiger partial charge >= 0.3 is 0 Å². The molecule has 0 aliphatic rings. The molecule has 1 atom stereocenters. The number of hydrogen-bond donors (Lipinski definition) is 1. The third-order valence-corrected chi connectivity index (χ3v) is 2.92. The number of nitrogens with two attached hydrogens (primary N) is 1. The predicted octanol–water partition coefficient (Wildman–Crippen LogP) is 1.31. The van der Waals surface area contributed by atoms with E-state index in [9.17, 15) is 4.39 Å². The van der Waals surface area contributed by atoms with Crippen LogP contribution in [0.4, 0.5) is 4.39 Å². The quantitative estimate of drug-likeness (QED) is 0.868. The molecule has 2 rings (SSSR count). The molecule has 0 radical (unpaired) electrons. The van der Waals surface area contributed by atoms with E-state index in [-0.39, 0.29) is 5.82 Å². The molecule has 1 aromatic carbocycles. The van der Waals surface area contributed by atoms with Crippen molar-refractivity contribution in [2.45, 2.75) is 12.8 Å². The lowest BCUT2D eigenvalue weighted by atomic mass is 9.95. The highest BCUT2D eigenvalue weighted by atomic mass is 19.1. The zero-order valence-corrected chi connectivity index (χ0v) is 10.4. The summed E-state index contributed by atoms with van der Waals surface area (Å²) in [7, 11) is 1.84. The number of aromatic nitrogens is 3. The number of rotatable bonds is 5. The summed E-state index contributed by atoms with van der Waals surface area (Å²) in [6, 6.07) is 6.56. The first kappa shape index (κ1) is 12.7. The van der Waals surface area contributed by atoms with Gasteiger partial charge in [-0.3, -0.25) is 4.68 Å². The molecule has 1 heterocycles. The van der Waals surface area contributed by atoms with Crippen molar-refractivity contribution in [1.29, 1.82) is 0 Å². The van der Waals surface area contributed by atoms with Gasteiger partial charge in [0, 0.05) is 13.2 Å². The predicted molar refractivity (Wildman–Crippen MR) is 67.4 cm³/mol. The van der Waals surface area contributed by atoms with Crippen LogP contribution in [0, 0.1) is 11.7 Å². The molecular formula is C13H17FN4.